The molecule has 4 nitrogen and oxygen atoms in total. The van der Waals surface area contributed by atoms with Gasteiger partial charge in [0.2, 0.25) is 0 Å². The van der Waals surface area contributed by atoms with E-state index in [0.29, 0.717) is 18.2 Å². The van der Waals surface area contributed by atoms with Crippen molar-refractivity contribution >= 4 is 5.82 Å². The fraction of sp³-hybridized carbons (Fsp3) is 0.286. The van der Waals surface area contributed by atoms with Crippen LogP contribution >= 0.6 is 0 Å². The van der Waals surface area contributed by atoms with E-state index < -0.39 is 0 Å². The predicted molar refractivity (Wildman–Crippen MR) is 72.1 cm³/mol. The third-order valence-electron chi connectivity index (χ3n) is 2.95. The minimum atomic E-state index is 0.540. The summed E-state index contributed by atoms with van der Waals surface area (Å²) in [7, 11) is 1.68. The maximum Gasteiger partial charge on any atom is 0.161 e. The zero-order valence-electron chi connectivity index (χ0n) is 10.9. The van der Waals surface area contributed by atoms with Crippen LogP contribution in [0, 0.1) is 13.8 Å². The van der Waals surface area contributed by atoms with Crippen LogP contribution < -0.4 is 5.73 Å². The maximum atomic E-state index is 5.87. The van der Waals surface area contributed by atoms with Crippen LogP contribution in [0.15, 0.2) is 24.3 Å². The van der Waals surface area contributed by atoms with Gasteiger partial charge in [-0.1, -0.05) is 24.3 Å². The SMILES string of the molecule is COCc1ccc(-c2nc(C)c(C)c(N)n2)cc1. The van der Waals surface area contributed by atoms with Gasteiger partial charge in [0.15, 0.2) is 5.82 Å². The van der Waals surface area contributed by atoms with Crippen LogP contribution in [0.4, 0.5) is 5.82 Å². The standard InChI is InChI=1S/C14H17N3O/c1-9-10(2)16-14(17-13(9)15)12-6-4-11(5-7-12)8-18-3/h4-7H,8H2,1-3H3,(H2,15,16,17). The molecule has 0 bridgehead atoms. The van der Waals surface area contributed by atoms with Crippen LogP contribution in [0.3, 0.4) is 0 Å². The summed E-state index contributed by atoms with van der Waals surface area (Å²) in [5.74, 6) is 1.21. The molecular formula is C14H17N3O. The first-order chi connectivity index (χ1) is 8.61. The lowest BCUT2D eigenvalue weighted by atomic mass is 10.1. The highest BCUT2D eigenvalue weighted by Gasteiger charge is 2.07. The summed E-state index contributed by atoms with van der Waals surface area (Å²) in [5, 5.41) is 0. The van der Waals surface area contributed by atoms with Gasteiger partial charge in [0, 0.05) is 23.9 Å². The number of nitrogen functional groups attached to an aromatic ring is 1. The van der Waals surface area contributed by atoms with Crippen molar-refractivity contribution < 1.29 is 4.74 Å². The average Bonchev–Trinajstić information content (AvgIpc) is 2.37. The molecule has 0 amide bonds. The van der Waals surface area contributed by atoms with E-state index in [1.807, 2.05) is 38.1 Å². The van der Waals surface area contributed by atoms with Gasteiger partial charge in [-0.15, -0.1) is 0 Å². The van der Waals surface area contributed by atoms with Crippen molar-refractivity contribution in [2.24, 2.45) is 0 Å². The summed E-state index contributed by atoms with van der Waals surface area (Å²) in [6.45, 7) is 4.47. The van der Waals surface area contributed by atoms with Crippen LogP contribution in [-0.2, 0) is 11.3 Å². The van der Waals surface area contributed by atoms with E-state index in [-0.39, 0.29) is 0 Å². The molecule has 1 aromatic carbocycles. The van der Waals surface area contributed by atoms with Crippen molar-refractivity contribution in [1.82, 2.24) is 9.97 Å². The molecule has 18 heavy (non-hydrogen) atoms. The van der Waals surface area contributed by atoms with E-state index >= 15 is 0 Å². The molecule has 2 aromatic rings. The van der Waals surface area contributed by atoms with E-state index in [1.165, 1.54) is 0 Å². The molecule has 1 heterocycles. The molecule has 2 N–H and O–H groups in total. The number of hydrogen-bond acceptors (Lipinski definition) is 4. The number of aromatic nitrogens is 2. The molecule has 2 rings (SSSR count). The number of rotatable bonds is 3. The van der Waals surface area contributed by atoms with Gasteiger partial charge in [-0.05, 0) is 19.4 Å². The second-order valence-corrected chi connectivity index (χ2v) is 4.27. The van der Waals surface area contributed by atoms with Crippen molar-refractivity contribution in [2.45, 2.75) is 20.5 Å². The highest BCUT2D eigenvalue weighted by Crippen LogP contribution is 2.20. The molecule has 0 saturated carbocycles. The molecule has 0 fully saturated rings. The van der Waals surface area contributed by atoms with Gasteiger partial charge in [0.25, 0.3) is 0 Å². The Bertz CT molecular complexity index is 526. The molecule has 0 atom stereocenters. The second-order valence-electron chi connectivity index (χ2n) is 4.27. The smallest absolute Gasteiger partial charge is 0.161 e. The first-order valence-corrected chi connectivity index (χ1v) is 5.80. The zero-order valence-corrected chi connectivity index (χ0v) is 10.9. The lowest BCUT2D eigenvalue weighted by Crippen LogP contribution is -2.02. The molecule has 4 heteroatoms. The van der Waals surface area contributed by atoms with Crippen LogP contribution in [0.1, 0.15) is 16.8 Å². The summed E-state index contributed by atoms with van der Waals surface area (Å²) in [5.41, 5.74) is 9.81. The molecule has 0 unspecified atom stereocenters. The number of ether oxygens (including phenoxy) is 1. The Labute approximate surface area is 107 Å². The molecule has 94 valence electrons. The number of methoxy groups -OCH3 is 1. The molecule has 0 aliphatic heterocycles. The van der Waals surface area contributed by atoms with Crippen LogP contribution in [0.2, 0.25) is 0 Å². The van der Waals surface area contributed by atoms with E-state index in [0.717, 1.165) is 22.4 Å². The highest BCUT2D eigenvalue weighted by molar-refractivity contribution is 5.58. The Kier molecular flexibility index (Phi) is 3.58. The maximum absolute atomic E-state index is 5.87. The fourth-order valence-corrected chi connectivity index (χ4v) is 1.70. The van der Waals surface area contributed by atoms with E-state index in [2.05, 4.69) is 9.97 Å². The van der Waals surface area contributed by atoms with Crippen molar-refractivity contribution in [3.8, 4) is 11.4 Å². The van der Waals surface area contributed by atoms with Crippen molar-refractivity contribution in [2.75, 3.05) is 12.8 Å². The van der Waals surface area contributed by atoms with Crippen molar-refractivity contribution in [1.29, 1.82) is 0 Å². The Morgan fingerprint density at radius 1 is 1.11 bits per heavy atom. The third kappa shape index (κ3) is 2.49. The topological polar surface area (TPSA) is 61.0 Å². The third-order valence-corrected chi connectivity index (χ3v) is 2.95. The van der Waals surface area contributed by atoms with Gasteiger partial charge in [-0.2, -0.15) is 0 Å². The van der Waals surface area contributed by atoms with Crippen LogP contribution in [-0.4, -0.2) is 17.1 Å². The van der Waals surface area contributed by atoms with Crippen molar-refractivity contribution in [3.63, 3.8) is 0 Å². The quantitative estimate of drug-likeness (QED) is 0.899. The zero-order chi connectivity index (χ0) is 13.1. The monoisotopic (exact) mass is 243 g/mol. The largest absolute Gasteiger partial charge is 0.383 e. The number of nitrogens with zero attached hydrogens (tertiary/aromatic N) is 2. The van der Waals surface area contributed by atoms with E-state index in [4.69, 9.17) is 10.5 Å². The molecule has 0 aliphatic rings. The molecule has 0 aliphatic carbocycles. The van der Waals surface area contributed by atoms with Crippen LogP contribution in [0.25, 0.3) is 11.4 Å². The number of hydrogen-bond donors (Lipinski definition) is 1. The van der Waals surface area contributed by atoms with Gasteiger partial charge < -0.3 is 10.5 Å². The summed E-state index contributed by atoms with van der Waals surface area (Å²) < 4.78 is 5.08. The number of aryl methyl sites for hydroxylation is 1. The van der Waals surface area contributed by atoms with E-state index in [9.17, 15) is 0 Å². The lowest BCUT2D eigenvalue weighted by molar-refractivity contribution is 0.185. The second kappa shape index (κ2) is 5.14. The fourth-order valence-electron chi connectivity index (χ4n) is 1.70. The lowest BCUT2D eigenvalue weighted by Gasteiger charge is -2.07. The van der Waals surface area contributed by atoms with Crippen LogP contribution in [0.5, 0.6) is 0 Å². The number of benzene rings is 1. The van der Waals surface area contributed by atoms with Crippen molar-refractivity contribution in [3.05, 3.63) is 41.1 Å². The molecule has 0 saturated heterocycles. The normalized spacial score (nSPS) is 10.6. The molecule has 1 aromatic heterocycles. The molecule has 0 spiro atoms. The Morgan fingerprint density at radius 2 is 1.78 bits per heavy atom. The van der Waals surface area contributed by atoms with Gasteiger partial charge in [-0.25, -0.2) is 9.97 Å². The first kappa shape index (κ1) is 12.5. The van der Waals surface area contributed by atoms with Gasteiger partial charge in [0.1, 0.15) is 5.82 Å². The van der Waals surface area contributed by atoms with Gasteiger partial charge in [0.05, 0.1) is 6.61 Å². The molecule has 0 radical (unpaired) electrons. The Hall–Kier alpha value is -1.94. The van der Waals surface area contributed by atoms with E-state index in [1.54, 1.807) is 7.11 Å². The highest BCUT2D eigenvalue weighted by atomic mass is 16.5. The minimum absolute atomic E-state index is 0.540. The Balaban J connectivity index is 2.36. The summed E-state index contributed by atoms with van der Waals surface area (Å²) >= 11 is 0. The minimum Gasteiger partial charge on any atom is -0.383 e. The van der Waals surface area contributed by atoms with Gasteiger partial charge in [-0.3, -0.25) is 0 Å². The summed E-state index contributed by atoms with van der Waals surface area (Å²) in [6.07, 6.45) is 0. The Morgan fingerprint density at radius 3 is 2.33 bits per heavy atom. The number of anilines is 1. The summed E-state index contributed by atoms with van der Waals surface area (Å²) in [4.78, 5) is 8.77. The average molecular weight is 243 g/mol. The number of nitrogens with two attached hydrogens (primary N) is 1. The summed E-state index contributed by atoms with van der Waals surface area (Å²) in [6, 6.07) is 7.98. The first-order valence-electron chi connectivity index (χ1n) is 5.80. The predicted octanol–water partition coefficient (Wildman–Crippen LogP) is 2.49. The van der Waals surface area contributed by atoms with Gasteiger partial charge >= 0.3 is 0 Å². The molecular weight excluding hydrogens is 226 g/mol.